The molecular formula is C17H28N2O. The highest BCUT2D eigenvalue weighted by molar-refractivity contribution is 5.28. The minimum Gasteiger partial charge on any atom is -0.492 e. The molecule has 112 valence electrons. The van der Waals surface area contributed by atoms with Gasteiger partial charge in [-0.25, -0.2) is 0 Å². The van der Waals surface area contributed by atoms with Crippen molar-refractivity contribution in [3.05, 3.63) is 42.0 Å². The Bertz CT molecular complexity index is 390. The van der Waals surface area contributed by atoms with Crippen LogP contribution in [0.5, 0.6) is 5.75 Å². The van der Waals surface area contributed by atoms with Crippen LogP contribution < -0.4 is 10.1 Å². The molecule has 0 heterocycles. The van der Waals surface area contributed by atoms with Crippen LogP contribution >= 0.6 is 0 Å². The fourth-order valence-electron chi connectivity index (χ4n) is 2.07. The lowest BCUT2D eigenvalue weighted by Crippen LogP contribution is -2.24. The SMILES string of the molecule is C/C=C/CN(CCC)Cc1cccc(OCCNC)c1. The highest BCUT2D eigenvalue weighted by Crippen LogP contribution is 2.15. The van der Waals surface area contributed by atoms with E-state index in [9.17, 15) is 0 Å². The number of rotatable bonds is 10. The third-order valence-corrected chi connectivity index (χ3v) is 3.06. The van der Waals surface area contributed by atoms with Crippen LogP contribution in [0.15, 0.2) is 36.4 Å². The molecule has 0 saturated heterocycles. The highest BCUT2D eigenvalue weighted by atomic mass is 16.5. The maximum atomic E-state index is 5.71. The molecule has 0 aromatic heterocycles. The van der Waals surface area contributed by atoms with Crippen molar-refractivity contribution < 1.29 is 4.74 Å². The number of likely N-dealkylation sites (N-methyl/N-ethyl adjacent to an activating group) is 1. The lowest BCUT2D eigenvalue weighted by molar-refractivity contribution is 0.292. The molecule has 0 aliphatic rings. The lowest BCUT2D eigenvalue weighted by atomic mass is 10.2. The van der Waals surface area contributed by atoms with E-state index in [0.717, 1.165) is 31.9 Å². The molecule has 0 spiro atoms. The van der Waals surface area contributed by atoms with E-state index in [1.165, 1.54) is 12.0 Å². The molecule has 1 aromatic carbocycles. The number of benzene rings is 1. The molecule has 1 rings (SSSR count). The summed E-state index contributed by atoms with van der Waals surface area (Å²) in [7, 11) is 1.93. The quantitative estimate of drug-likeness (QED) is 0.525. The third-order valence-electron chi connectivity index (χ3n) is 3.06. The Labute approximate surface area is 123 Å². The first-order valence-corrected chi connectivity index (χ1v) is 7.50. The van der Waals surface area contributed by atoms with Gasteiger partial charge in [0.2, 0.25) is 0 Å². The van der Waals surface area contributed by atoms with Gasteiger partial charge in [0.1, 0.15) is 12.4 Å². The first-order valence-electron chi connectivity index (χ1n) is 7.50. The largest absolute Gasteiger partial charge is 0.492 e. The van der Waals surface area contributed by atoms with Crippen molar-refractivity contribution in [2.75, 3.05) is 33.3 Å². The molecule has 1 aromatic rings. The molecule has 20 heavy (non-hydrogen) atoms. The van der Waals surface area contributed by atoms with E-state index in [0.29, 0.717) is 6.61 Å². The normalized spacial score (nSPS) is 11.4. The Morgan fingerprint density at radius 1 is 1.35 bits per heavy atom. The monoisotopic (exact) mass is 276 g/mol. The van der Waals surface area contributed by atoms with Gasteiger partial charge in [-0.2, -0.15) is 0 Å². The standard InChI is InChI=1S/C17H28N2O/c1-4-6-12-19(11-5-2)15-16-8-7-9-17(14-16)20-13-10-18-3/h4,6-9,14,18H,5,10-13,15H2,1-3H3/b6-4+. The summed E-state index contributed by atoms with van der Waals surface area (Å²) in [5, 5.41) is 3.08. The Balaban J connectivity index is 2.57. The topological polar surface area (TPSA) is 24.5 Å². The van der Waals surface area contributed by atoms with Gasteiger partial charge in [0.05, 0.1) is 0 Å². The average Bonchev–Trinajstić information content (AvgIpc) is 2.46. The van der Waals surface area contributed by atoms with Crippen molar-refractivity contribution in [2.45, 2.75) is 26.8 Å². The molecule has 0 saturated carbocycles. The van der Waals surface area contributed by atoms with Crippen LogP contribution in [-0.4, -0.2) is 38.2 Å². The summed E-state index contributed by atoms with van der Waals surface area (Å²) in [6.45, 7) is 8.97. The summed E-state index contributed by atoms with van der Waals surface area (Å²) >= 11 is 0. The summed E-state index contributed by atoms with van der Waals surface area (Å²) in [4.78, 5) is 2.45. The van der Waals surface area contributed by atoms with E-state index < -0.39 is 0 Å². The summed E-state index contributed by atoms with van der Waals surface area (Å²) in [6.07, 6.45) is 5.50. The molecule has 0 aliphatic heterocycles. The Kier molecular flexibility index (Phi) is 8.76. The molecule has 3 nitrogen and oxygen atoms in total. The zero-order chi connectivity index (χ0) is 14.6. The maximum Gasteiger partial charge on any atom is 0.119 e. The Morgan fingerprint density at radius 3 is 2.90 bits per heavy atom. The van der Waals surface area contributed by atoms with Gasteiger partial charge in [0.15, 0.2) is 0 Å². The zero-order valence-corrected chi connectivity index (χ0v) is 13.1. The van der Waals surface area contributed by atoms with E-state index in [2.05, 4.69) is 54.4 Å². The number of ether oxygens (including phenoxy) is 1. The van der Waals surface area contributed by atoms with Crippen LogP contribution in [0.4, 0.5) is 0 Å². The predicted molar refractivity (Wildman–Crippen MR) is 86.2 cm³/mol. The summed E-state index contributed by atoms with van der Waals surface area (Å²) in [5.74, 6) is 0.959. The molecule has 1 N–H and O–H groups in total. The van der Waals surface area contributed by atoms with Crippen molar-refractivity contribution in [2.24, 2.45) is 0 Å². The van der Waals surface area contributed by atoms with Gasteiger partial charge in [0.25, 0.3) is 0 Å². The molecule has 0 amide bonds. The first kappa shape index (κ1) is 16.7. The van der Waals surface area contributed by atoms with Crippen LogP contribution in [0.3, 0.4) is 0 Å². The second-order valence-electron chi connectivity index (χ2n) is 4.90. The average molecular weight is 276 g/mol. The molecule has 0 unspecified atom stereocenters. The second-order valence-corrected chi connectivity index (χ2v) is 4.90. The fourth-order valence-corrected chi connectivity index (χ4v) is 2.07. The van der Waals surface area contributed by atoms with E-state index >= 15 is 0 Å². The number of nitrogens with zero attached hydrogens (tertiary/aromatic N) is 1. The summed E-state index contributed by atoms with van der Waals surface area (Å²) in [5.41, 5.74) is 1.31. The number of hydrogen-bond donors (Lipinski definition) is 1. The van der Waals surface area contributed by atoms with Crippen molar-refractivity contribution >= 4 is 0 Å². The molecule has 0 bridgehead atoms. The number of allylic oxidation sites excluding steroid dienone is 1. The van der Waals surface area contributed by atoms with Gasteiger partial charge in [-0.05, 0) is 44.6 Å². The van der Waals surface area contributed by atoms with E-state index in [-0.39, 0.29) is 0 Å². The fraction of sp³-hybridized carbons (Fsp3) is 0.529. The van der Waals surface area contributed by atoms with E-state index in [1.54, 1.807) is 0 Å². The van der Waals surface area contributed by atoms with Crippen LogP contribution in [-0.2, 0) is 6.54 Å². The van der Waals surface area contributed by atoms with Crippen LogP contribution in [0.2, 0.25) is 0 Å². The Hall–Kier alpha value is -1.32. The minimum atomic E-state index is 0.706. The van der Waals surface area contributed by atoms with Crippen molar-refractivity contribution in [3.8, 4) is 5.75 Å². The van der Waals surface area contributed by atoms with Crippen LogP contribution in [0, 0.1) is 0 Å². The third kappa shape index (κ3) is 6.73. The molecule has 0 aliphatic carbocycles. The van der Waals surface area contributed by atoms with Gasteiger partial charge in [-0.3, -0.25) is 4.90 Å². The highest BCUT2D eigenvalue weighted by Gasteiger charge is 2.04. The van der Waals surface area contributed by atoms with Crippen molar-refractivity contribution in [3.63, 3.8) is 0 Å². The van der Waals surface area contributed by atoms with Gasteiger partial charge >= 0.3 is 0 Å². The zero-order valence-electron chi connectivity index (χ0n) is 13.1. The Morgan fingerprint density at radius 2 is 2.20 bits per heavy atom. The molecular weight excluding hydrogens is 248 g/mol. The van der Waals surface area contributed by atoms with Crippen molar-refractivity contribution in [1.82, 2.24) is 10.2 Å². The second kappa shape index (κ2) is 10.5. The molecule has 0 fully saturated rings. The molecule has 0 atom stereocenters. The number of hydrogen-bond acceptors (Lipinski definition) is 3. The summed E-state index contributed by atoms with van der Waals surface area (Å²) < 4.78 is 5.71. The van der Waals surface area contributed by atoms with E-state index in [4.69, 9.17) is 4.74 Å². The van der Waals surface area contributed by atoms with Gasteiger partial charge in [-0.15, -0.1) is 0 Å². The lowest BCUT2D eigenvalue weighted by Gasteiger charge is -2.20. The van der Waals surface area contributed by atoms with Crippen LogP contribution in [0.25, 0.3) is 0 Å². The maximum absolute atomic E-state index is 5.71. The van der Waals surface area contributed by atoms with Gasteiger partial charge in [0, 0.05) is 19.6 Å². The van der Waals surface area contributed by atoms with Crippen LogP contribution in [0.1, 0.15) is 25.8 Å². The first-order chi connectivity index (χ1) is 9.80. The van der Waals surface area contributed by atoms with Crippen molar-refractivity contribution in [1.29, 1.82) is 0 Å². The van der Waals surface area contributed by atoms with E-state index in [1.807, 2.05) is 13.1 Å². The van der Waals surface area contributed by atoms with Gasteiger partial charge in [-0.1, -0.05) is 31.2 Å². The van der Waals surface area contributed by atoms with Gasteiger partial charge < -0.3 is 10.1 Å². The summed E-state index contributed by atoms with van der Waals surface area (Å²) in [6, 6.07) is 8.41. The molecule has 0 radical (unpaired) electrons. The predicted octanol–water partition coefficient (Wildman–Crippen LogP) is 3.07. The smallest absolute Gasteiger partial charge is 0.119 e. The minimum absolute atomic E-state index is 0.706. The molecule has 3 heteroatoms. The number of nitrogens with one attached hydrogen (secondary N) is 1.